The van der Waals surface area contributed by atoms with Crippen molar-refractivity contribution in [3.05, 3.63) is 107 Å². The number of ether oxygens (including phenoxy) is 2. The van der Waals surface area contributed by atoms with Crippen LogP contribution in [0.15, 0.2) is 85.1 Å². The molecular formula is C28H34N2O2. The summed E-state index contributed by atoms with van der Waals surface area (Å²) in [5, 5.41) is 7.09. The van der Waals surface area contributed by atoms with Crippen molar-refractivity contribution in [1.82, 2.24) is 10.6 Å². The summed E-state index contributed by atoms with van der Waals surface area (Å²) in [5.74, 6) is 1.46. The van der Waals surface area contributed by atoms with Crippen molar-refractivity contribution in [2.45, 2.75) is 31.8 Å². The predicted octanol–water partition coefficient (Wildman–Crippen LogP) is 5.75. The van der Waals surface area contributed by atoms with Crippen molar-refractivity contribution in [3.8, 4) is 11.5 Å². The van der Waals surface area contributed by atoms with Crippen LogP contribution < -0.4 is 20.1 Å². The van der Waals surface area contributed by atoms with Crippen LogP contribution in [0.5, 0.6) is 11.5 Å². The first kappa shape index (κ1) is 23.4. The molecule has 2 N–H and O–H groups in total. The summed E-state index contributed by atoms with van der Waals surface area (Å²) in [6.45, 7) is 6.38. The minimum atomic E-state index is -0.0303. The number of benzene rings is 3. The maximum atomic E-state index is 5.58. The van der Waals surface area contributed by atoms with Crippen LogP contribution in [-0.4, -0.2) is 21.3 Å². The van der Waals surface area contributed by atoms with Gasteiger partial charge < -0.3 is 14.8 Å². The Hall–Kier alpha value is -3.24. The second-order valence-corrected chi connectivity index (χ2v) is 7.98. The topological polar surface area (TPSA) is 42.5 Å². The van der Waals surface area contributed by atoms with E-state index < -0.39 is 0 Å². The molecular weight excluding hydrogens is 396 g/mol. The Morgan fingerprint density at radius 3 is 2.19 bits per heavy atom. The lowest BCUT2D eigenvalue weighted by Gasteiger charge is -2.28. The molecule has 3 aromatic rings. The molecule has 0 saturated carbocycles. The third-order valence-corrected chi connectivity index (χ3v) is 5.82. The van der Waals surface area contributed by atoms with Gasteiger partial charge in [0.1, 0.15) is 0 Å². The average Bonchev–Trinajstić information content (AvgIpc) is 2.85. The number of nitrogens with one attached hydrogen (secondary N) is 2. The van der Waals surface area contributed by atoms with Gasteiger partial charge in [0.25, 0.3) is 0 Å². The van der Waals surface area contributed by atoms with Crippen molar-refractivity contribution in [1.29, 1.82) is 0 Å². The second-order valence-electron chi connectivity index (χ2n) is 7.98. The molecule has 4 heteroatoms. The number of aryl methyl sites for hydroxylation is 2. The van der Waals surface area contributed by atoms with E-state index in [0.717, 1.165) is 35.6 Å². The van der Waals surface area contributed by atoms with E-state index in [0.29, 0.717) is 0 Å². The zero-order chi connectivity index (χ0) is 22.9. The molecule has 0 spiro atoms. The first-order chi connectivity index (χ1) is 15.5. The molecule has 0 amide bonds. The molecule has 168 valence electrons. The molecule has 2 atom stereocenters. The number of hydrogen-bond donors (Lipinski definition) is 2. The Labute approximate surface area is 192 Å². The minimum absolute atomic E-state index is 0.0303. The molecule has 0 aromatic heterocycles. The Morgan fingerprint density at radius 1 is 0.875 bits per heavy atom. The highest BCUT2D eigenvalue weighted by Crippen LogP contribution is 2.33. The van der Waals surface area contributed by atoms with Crippen molar-refractivity contribution in [3.63, 3.8) is 0 Å². The Bertz CT molecular complexity index is 1000. The third kappa shape index (κ3) is 5.92. The summed E-state index contributed by atoms with van der Waals surface area (Å²) in [5.41, 5.74) is 5.86. The zero-order valence-corrected chi connectivity index (χ0v) is 19.5. The molecule has 3 rings (SSSR count). The SMILES string of the molecule is C=C(NC)[C@H](N[C@H](CCc1ccc(C)cc1)c1ccc(OC)c(OC)c1)c1ccccc1. The molecule has 3 aromatic carbocycles. The van der Waals surface area contributed by atoms with Crippen LogP contribution in [0.1, 0.15) is 40.8 Å². The highest BCUT2D eigenvalue weighted by Gasteiger charge is 2.22. The highest BCUT2D eigenvalue weighted by molar-refractivity contribution is 5.44. The fraction of sp³-hybridized carbons (Fsp3) is 0.286. The lowest BCUT2D eigenvalue weighted by Crippen LogP contribution is -2.31. The largest absolute Gasteiger partial charge is 0.493 e. The first-order valence-electron chi connectivity index (χ1n) is 11.0. The van der Waals surface area contributed by atoms with Crippen LogP contribution in [0.3, 0.4) is 0 Å². The lowest BCUT2D eigenvalue weighted by atomic mass is 9.95. The Balaban J connectivity index is 1.93. The maximum absolute atomic E-state index is 5.58. The van der Waals surface area contributed by atoms with Gasteiger partial charge in [0.05, 0.1) is 20.3 Å². The van der Waals surface area contributed by atoms with Gasteiger partial charge >= 0.3 is 0 Å². The van der Waals surface area contributed by atoms with Crippen LogP contribution in [-0.2, 0) is 6.42 Å². The van der Waals surface area contributed by atoms with E-state index in [1.54, 1.807) is 14.2 Å². The minimum Gasteiger partial charge on any atom is -0.493 e. The van der Waals surface area contributed by atoms with Crippen LogP contribution in [0.4, 0.5) is 0 Å². The van der Waals surface area contributed by atoms with Gasteiger partial charge in [-0.1, -0.05) is 72.8 Å². The Morgan fingerprint density at radius 2 is 1.56 bits per heavy atom. The summed E-state index contributed by atoms with van der Waals surface area (Å²) in [6, 6.07) is 25.4. The highest BCUT2D eigenvalue weighted by atomic mass is 16.5. The number of hydrogen-bond acceptors (Lipinski definition) is 4. The molecule has 0 unspecified atom stereocenters. The second kappa shape index (κ2) is 11.4. The predicted molar refractivity (Wildman–Crippen MR) is 132 cm³/mol. The molecule has 0 radical (unpaired) electrons. The molecule has 0 aliphatic carbocycles. The van der Waals surface area contributed by atoms with Crippen LogP contribution >= 0.6 is 0 Å². The lowest BCUT2D eigenvalue weighted by molar-refractivity contribution is 0.353. The molecule has 0 aliphatic rings. The van der Waals surface area contributed by atoms with Gasteiger partial charge in [-0.3, -0.25) is 5.32 Å². The van der Waals surface area contributed by atoms with E-state index in [1.807, 2.05) is 19.2 Å². The summed E-state index contributed by atoms with van der Waals surface area (Å²) in [6.07, 6.45) is 1.89. The van der Waals surface area contributed by atoms with Gasteiger partial charge in [0.15, 0.2) is 11.5 Å². The van der Waals surface area contributed by atoms with Crippen LogP contribution in [0.2, 0.25) is 0 Å². The Kier molecular flexibility index (Phi) is 8.34. The standard InChI is InChI=1S/C28H34N2O2/c1-20-11-13-22(14-12-20)15-17-25(24-16-18-26(31-4)27(19-24)32-5)30-28(21(2)29-3)23-9-7-6-8-10-23/h6-14,16,18-19,25,28-30H,2,15,17H2,1,3-5H3/t25-,28+/m1/s1. The summed E-state index contributed by atoms with van der Waals surface area (Å²) in [4.78, 5) is 0. The summed E-state index contributed by atoms with van der Waals surface area (Å²) < 4.78 is 11.0. The zero-order valence-electron chi connectivity index (χ0n) is 19.5. The van der Waals surface area contributed by atoms with Crippen LogP contribution in [0, 0.1) is 6.92 Å². The number of likely N-dealkylation sites (N-methyl/N-ethyl adjacent to an activating group) is 1. The van der Waals surface area contributed by atoms with E-state index in [4.69, 9.17) is 9.47 Å². The monoisotopic (exact) mass is 430 g/mol. The van der Waals surface area contributed by atoms with E-state index >= 15 is 0 Å². The molecule has 32 heavy (non-hydrogen) atoms. The smallest absolute Gasteiger partial charge is 0.161 e. The molecule has 4 nitrogen and oxygen atoms in total. The average molecular weight is 431 g/mol. The normalized spacial score (nSPS) is 12.6. The molecule has 0 saturated heterocycles. The van der Waals surface area contributed by atoms with E-state index in [2.05, 4.69) is 84.8 Å². The molecule has 0 fully saturated rings. The molecule has 0 aliphatic heterocycles. The number of methoxy groups -OCH3 is 2. The van der Waals surface area contributed by atoms with Gasteiger partial charge in [0.2, 0.25) is 0 Å². The molecule has 0 bridgehead atoms. The van der Waals surface area contributed by atoms with Crippen molar-refractivity contribution >= 4 is 0 Å². The quantitative estimate of drug-likeness (QED) is 0.406. The van der Waals surface area contributed by atoms with Gasteiger partial charge in [0, 0.05) is 18.8 Å². The fourth-order valence-corrected chi connectivity index (χ4v) is 3.87. The molecule has 0 heterocycles. The van der Waals surface area contributed by atoms with E-state index in [1.165, 1.54) is 16.7 Å². The van der Waals surface area contributed by atoms with Gasteiger partial charge in [-0.05, 0) is 48.6 Å². The van der Waals surface area contributed by atoms with Gasteiger partial charge in [-0.25, -0.2) is 0 Å². The summed E-state index contributed by atoms with van der Waals surface area (Å²) in [7, 11) is 5.25. The van der Waals surface area contributed by atoms with E-state index in [9.17, 15) is 0 Å². The third-order valence-electron chi connectivity index (χ3n) is 5.82. The first-order valence-corrected chi connectivity index (χ1v) is 11.0. The van der Waals surface area contributed by atoms with E-state index in [-0.39, 0.29) is 12.1 Å². The fourth-order valence-electron chi connectivity index (χ4n) is 3.87. The van der Waals surface area contributed by atoms with Crippen molar-refractivity contribution < 1.29 is 9.47 Å². The van der Waals surface area contributed by atoms with Crippen molar-refractivity contribution in [2.75, 3.05) is 21.3 Å². The van der Waals surface area contributed by atoms with Crippen molar-refractivity contribution in [2.24, 2.45) is 0 Å². The summed E-state index contributed by atoms with van der Waals surface area (Å²) >= 11 is 0. The maximum Gasteiger partial charge on any atom is 0.161 e. The van der Waals surface area contributed by atoms with Gasteiger partial charge in [-0.15, -0.1) is 0 Å². The van der Waals surface area contributed by atoms with Crippen LogP contribution in [0.25, 0.3) is 0 Å². The van der Waals surface area contributed by atoms with Gasteiger partial charge in [-0.2, -0.15) is 0 Å². The number of rotatable bonds is 11.